The molecule has 0 radical (unpaired) electrons. The van der Waals surface area contributed by atoms with E-state index in [1.165, 1.54) is 5.56 Å². The molecule has 0 saturated carbocycles. The average Bonchev–Trinajstić information content (AvgIpc) is 2.50. The second-order valence-corrected chi connectivity index (χ2v) is 4.88. The molecule has 2 aromatic carbocycles. The molecule has 3 heteroatoms. The first-order valence-corrected chi connectivity index (χ1v) is 7.38. The molecule has 3 nitrogen and oxygen atoms in total. The second kappa shape index (κ2) is 8.32. The van der Waals surface area contributed by atoms with Gasteiger partial charge < -0.3 is 14.8 Å². The summed E-state index contributed by atoms with van der Waals surface area (Å²) in [5.74, 6) is 0.914. The number of hydrogen-bond donors (Lipinski definition) is 1. The summed E-state index contributed by atoms with van der Waals surface area (Å²) < 4.78 is 11.1. The molecule has 0 unspecified atom stereocenters. The molecule has 0 amide bonds. The minimum Gasteiger partial charge on any atom is -0.491 e. The minimum atomic E-state index is 0.579. The first-order chi connectivity index (χ1) is 10.3. The molecule has 0 bridgehead atoms. The third-order valence-electron chi connectivity index (χ3n) is 3.16. The molecule has 2 aromatic rings. The van der Waals surface area contributed by atoms with Crippen molar-refractivity contribution >= 4 is 5.69 Å². The molecule has 0 aliphatic carbocycles. The molecule has 0 aliphatic heterocycles. The van der Waals surface area contributed by atoms with Crippen LogP contribution >= 0.6 is 0 Å². The lowest BCUT2D eigenvalue weighted by Gasteiger charge is -2.13. The van der Waals surface area contributed by atoms with Crippen LogP contribution in [0.25, 0.3) is 0 Å². The Morgan fingerprint density at radius 2 is 1.86 bits per heavy atom. The number of hydrogen-bond acceptors (Lipinski definition) is 3. The number of rotatable bonds is 8. The van der Waals surface area contributed by atoms with E-state index in [1.54, 1.807) is 0 Å². The van der Waals surface area contributed by atoms with E-state index in [0.29, 0.717) is 13.2 Å². The van der Waals surface area contributed by atoms with Crippen LogP contribution in [0.3, 0.4) is 0 Å². The molecule has 21 heavy (non-hydrogen) atoms. The number of benzene rings is 2. The fourth-order valence-electron chi connectivity index (χ4n) is 2.10. The summed E-state index contributed by atoms with van der Waals surface area (Å²) in [5.41, 5.74) is 3.52. The molecule has 112 valence electrons. The number of aryl methyl sites for hydroxylation is 1. The van der Waals surface area contributed by atoms with Crippen molar-refractivity contribution in [2.45, 2.75) is 20.4 Å². The summed E-state index contributed by atoms with van der Waals surface area (Å²) in [6.07, 6.45) is 0. The maximum atomic E-state index is 5.79. The summed E-state index contributed by atoms with van der Waals surface area (Å²) in [7, 11) is 0. The zero-order chi connectivity index (χ0) is 14.9. The van der Waals surface area contributed by atoms with E-state index in [9.17, 15) is 0 Å². The van der Waals surface area contributed by atoms with Gasteiger partial charge in [-0.1, -0.05) is 30.3 Å². The van der Waals surface area contributed by atoms with Crippen LogP contribution in [0.1, 0.15) is 18.1 Å². The van der Waals surface area contributed by atoms with Crippen LogP contribution in [-0.2, 0) is 11.3 Å². The molecule has 0 spiro atoms. The molecule has 0 fully saturated rings. The van der Waals surface area contributed by atoms with Gasteiger partial charge in [-0.25, -0.2) is 0 Å². The van der Waals surface area contributed by atoms with Crippen molar-refractivity contribution in [2.75, 3.05) is 25.1 Å². The van der Waals surface area contributed by atoms with Gasteiger partial charge in [0.1, 0.15) is 12.4 Å². The van der Waals surface area contributed by atoms with Gasteiger partial charge in [0, 0.05) is 24.4 Å². The Bertz CT molecular complexity index is 554. The molecule has 0 aliphatic rings. The molecule has 2 rings (SSSR count). The highest BCUT2D eigenvalue weighted by atomic mass is 16.5. The predicted molar refractivity (Wildman–Crippen MR) is 86.9 cm³/mol. The highest BCUT2D eigenvalue weighted by Gasteiger charge is 2.03. The largest absolute Gasteiger partial charge is 0.491 e. The fraction of sp³-hybridized carbons (Fsp3) is 0.333. The summed E-state index contributed by atoms with van der Waals surface area (Å²) >= 11 is 0. The van der Waals surface area contributed by atoms with Crippen LogP contribution in [0, 0.1) is 6.92 Å². The Kier molecular flexibility index (Phi) is 6.10. The topological polar surface area (TPSA) is 30.5 Å². The third kappa shape index (κ3) is 5.12. The van der Waals surface area contributed by atoms with Gasteiger partial charge >= 0.3 is 0 Å². The smallest absolute Gasteiger partial charge is 0.124 e. The molecule has 0 heterocycles. The number of anilines is 1. The number of para-hydroxylation sites is 1. The maximum Gasteiger partial charge on any atom is 0.124 e. The molecule has 0 aromatic heterocycles. The number of ether oxygens (including phenoxy) is 2. The van der Waals surface area contributed by atoms with Crippen molar-refractivity contribution < 1.29 is 9.47 Å². The third-order valence-corrected chi connectivity index (χ3v) is 3.16. The van der Waals surface area contributed by atoms with Crippen molar-refractivity contribution in [3.63, 3.8) is 0 Å². The van der Waals surface area contributed by atoms with Crippen LogP contribution in [-0.4, -0.2) is 19.8 Å². The summed E-state index contributed by atoms with van der Waals surface area (Å²) in [6.45, 7) is 6.75. The Morgan fingerprint density at radius 3 is 2.67 bits per heavy atom. The van der Waals surface area contributed by atoms with Crippen LogP contribution in [0.15, 0.2) is 48.5 Å². The van der Waals surface area contributed by atoms with Gasteiger partial charge in [0.25, 0.3) is 0 Å². The summed E-state index contributed by atoms with van der Waals surface area (Å²) in [5, 5.41) is 3.43. The fourth-order valence-corrected chi connectivity index (χ4v) is 2.10. The SMILES string of the molecule is CCOCCOc1ccccc1CNc1cccc(C)c1. The monoisotopic (exact) mass is 285 g/mol. The van der Waals surface area contributed by atoms with Gasteiger partial charge in [-0.05, 0) is 37.6 Å². The Balaban J connectivity index is 1.93. The van der Waals surface area contributed by atoms with Crippen molar-refractivity contribution in [3.05, 3.63) is 59.7 Å². The van der Waals surface area contributed by atoms with E-state index < -0.39 is 0 Å². The zero-order valence-electron chi connectivity index (χ0n) is 12.8. The van der Waals surface area contributed by atoms with E-state index in [1.807, 2.05) is 25.1 Å². The van der Waals surface area contributed by atoms with Gasteiger partial charge in [-0.2, -0.15) is 0 Å². The minimum absolute atomic E-state index is 0.579. The van der Waals surface area contributed by atoms with Gasteiger partial charge in [-0.3, -0.25) is 0 Å². The van der Waals surface area contributed by atoms with E-state index >= 15 is 0 Å². The lowest BCUT2D eigenvalue weighted by molar-refractivity contribution is 0.110. The lowest BCUT2D eigenvalue weighted by Crippen LogP contribution is -2.09. The standard InChI is InChI=1S/C18H23NO2/c1-3-20-11-12-21-18-10-5-4-8-16(18)14-19-17-9-6-7-15(2)13-17/h4-10,13,19H,3,11-12,14H2,1-2H3. The van der Waals surface area contributed by atoms with Crippen molar-refractivity contribution in [1.29, 1.82) is 0 Å². The molecular weight excluding hydrogens is 262 g/mol. The van der Waals surface area contributed by atoms with Crippen LogP contribution < -0.4 is 10.1 Å². The van der Waals surface area contributed by atoms with E-state index in [-0.39, 0.29) is 0 Å². The van der Waals surface area contributed by atoms with E-state index in [0.717, 1.165) is 30.2 Å². The normalized spacial score (nSPS) is 10.4. The average molecular weight is 285 g/mol. The molecule has 0 atom stereocenters. The number of nitrogens with one attached hydrogen (secondary N) is 1. The Labute approximate surface area is 126 Å². The zero-order valence-corrected chi connectivity index (χ0v) is 12.8. The molecule has 1 N–H and O–H groups in total. The van der Waals surface area contributed by atoms with Gasteiger partial charge in [0.15, 0.2) is 0 Å². The lowest BCUT2D eigenvalue weighted by atomic mass is 10.2. The van der Waals surface area contributed by atoms with Gasteiger partial charge in [0.05, 0.1) is 6.61 Å². The Morgan fingerprint density at radius 1 is 1.00 bits per heavy atom. The van der Waals surface area contributed by atoms with Crippen LogP contribution in [0.4, 0.5) is 5.69 Å². The van der Waals surface area contributed by atoms with Crippen molar-refractivity contribution in [1.82, 2.24) is 0 Å². The van der Waals surface area contributed by atoms with Crippen molar-refractivity contribution in [3.8, 4) is 5.75 Å². The maximum absolute atomic E-state index is 5.79. The first-order valence-electron chi connectivity index (χ1n) is 7.38. The van der Waals surface area contributed by atoms with Gasteiger partial charge in [-0.15, -0.1) is 0 Å². The highest BCUT2D eigenvalue weighted by molar-refractivity contribution is 5.47. The summed E-state index contributed by atoms with van der Waals surface area (Å²) in [6, 6.07) is 16.5. The molecular formula is C18H23NO2. The van der Waals surface area contributed by atoms with Gasteiger partial charge in [0.2, 0.25) is 0 Å². The van der Waals surface area contributed by atoms with Crippen molar-refractivity contribution in [2.24, 2.45) is 0 Å². The quantitative estimate of drug-likeness (QED) is 0.743. The highest BCUT2D eigenvalue weighted by Crippen LogP contribution is 2.20. The van der Waals surface area contributed by atoms with E-state index in [4.69, 9.17) is 9.47 Å². The summed E-state index contributed by atoms with van der Waals surface area (Å²) in [4.78, 5) is 0. The second-order valence-electron chi connectivity index (χ2n) is 4.88. The van der Waals surface area contributed by atoms with E-state index in [2.05, 4.69) is 42.6 Å². The predicted octanol–water partition coefficient (Wildman–Crippen LogP) is 4.02. The molecule has 0 saturated heterocycles. The first kappa shape index (κ1) is 15.4. The Hall–Kier alpha value is -2.00. The van der Waals surface area contributed by atoms with Crippen LogP contribution in [0.2, 0.25) is 0 Å². The van der Waals surface area contributed by atoms with Crippen LogP contribution in [0.5, 0.6) is 5.75 Å².